The standard InChI is InChI=1S/C28H22ClFN4O4/c1-3-5-24(34-38-16-27(35)36-2)19-8-10-25-22(13-19)28(32-17-31-25)33-21-9-11-26(23(29)14-21)37-15-18-6-4-7-20(30)12-18/h4,6-14,17H,15-16H2,1-2H3,(H,31,32,33)/b34-24+. The van der Waals surface area contributed by atoms with Crippen molar-refractivity contribution in [3.8, 4) is 17.6 Å². The van der Waals surface area contributed by atoms with Crippen LogP contribution in [0.1, 0.15) is 18.1 Å². The van der Waals surface area contributed by atoms with Gasteiger partial charge < -0.3 is 19.6 Å². The van der Waals surface area contributed by atoms with Gasteiger partial charge in [-0.1, -0.05) is 34.8 Å². The maximum Gasteiger partial charge on any atom is 0.346 e. The molecule has 0 amide bonds. The molecule has 0 unspecified atom stereocenters. The van der Waals surface area contributed by atoms with Crippen LogP contribution in [0.2, 0.25) is 5.02 Å². The average molecular weight is 533 g/mol. The first kappa shape index (κ1) is 26.4. The topological polar surface area (TPSA) is 94.9 Å². The molecule has 0 radical (unpaired) electrons. The molecule has 1 heterocycles. The second-order valence-corrected chi connectivity index (χ2v) is 8.21. The fraction of sp³-hybridized carbons (Fsp3) is 0.143. The third kappa shape index (κ3) is 6.75. The Balaban J connectivity index is 1.55. The smallest absolute Gasteiger partial charge is 0.346 e. The molecule has 10 heteroatoms. The fourth-order valence-corrected chi connectivity index (χ4v) is 3.63. The highest BCUT2D eigenvalue weighted by Gasteiger charge is 2.11. The van der Waals surface area contributed by atoms with Crippen LogP contribution in [0, 0.1) is 17.7 Å². The number of aromatic nitrogens is 2. The van der Waals surface area contributed by atoms with Crippen molar-refractivity contribution in [2.75, 3.05) is 19.0 Å². The molecule has 38 heavy (non-hydrogen) atoms. The molecule has 192 valence electrons. The van der Waals surface area contributed by atoms with Gasteiger partial charge in [-0.2, -0.15) is 0 Å². The van der Waals surface area contributed by atoms with Gasteiger partial charge in [-0.25, -0.2) is 19.2 Å². The normalized spacial score (nSPS) is 10.9. The summed E-state index contributed by atoms with van der Waals surface area (Å²) in [4.78, 5) is 25.1. The second-order valence-electron chi connectivity index (χ2n) is 7.81. The van der Waals surface area contributed by atoms with Crippen molar-refractivity contribution in [1.82, 2.24) is 9.97 Å². The number of anilines is 2. The summed E-state index contributed by atoms with van der Waals surface area (Å²) in [5.74, 6) is 5.77. The highest BCUT2D eigenvalue weighted by molar-refractivity contribution is 6.32. The minimum atomic E-state index is -0.556. The Hall–Kier alpha value is -4.68. The third-order valence-electron chi connectivity index (χ3n) is 5.20. The predicted octanol–water partition coefficient (Wildman–Crippen LogP) is 5.66. The van der Waals surface area contributed by atoms with Gasteiger partial charge >= 0.3 is 5.97 Å². The molecule has 0 fully saturated rings. The van der Waals surface area contributed by atoms with Gasteiger partial charge in [0.1, 0.15) is 30.3 Å². The Morgan fingerprint density at radius 2 is 2.00 bits per heavy atom. The Morgan fingerprint density at radius 1 is 1.13 bits per heavy atom. The number of carbonyl (C=O) groups excluding carboxylic acids is 1. The highest BCUT2D eigenvalue weighted by Crippen LogP contribution is 2.31. The van der Waals surface area contributed by atoms with Crippen LogP contribution in [0.15, 0.2) is 72.1 Å². The van der Waals surface area contributed by atoms with Crippen molar-refractivity contribution in [3.05, 3.63) is 89.0 Å². The van der Waals surface area contributed by atoms with E-state index in [1.807, 2.05) is 6.07 Å². The summed E-state index contributed by atoms with van der Waals surface area (Å²) in [5.41, 5.74) is 3.02. The van der Waals surface area contributed by atoms with E-state index < -0.39 is 5.97 Å². The van der Waals surface area contributed by atoms with E-state index in [4.69, 9.17) is 21.2 Å². The molecule has 8 nitrogen and oxygen atoms in total. The van der Waals surface area contributed by atoms with Crippen LogP contribution in [0.3, 0.4) is 0 Å². The van der Waals surface area contributed by atoms with Gasteiger partial charge in [-0.3, -0.25) is 0 Å². The van der Waals surface area contributed by atoms with Crippen molar-refractivity contribution in [3.63, 3.8) is 0 Å². The molecule has 0 atom stereocenters. The SMILES string of the molecule is CC#C/C(=N\OCC(=O)OC)c1ccc2ncnc(Nc3ccc(OCc4cccc(F)c4)c(Cl)c3)c2c1. The number of benzene rings is 3. The van der Waals surface area contributed by atoms with Crippen LogP contribution < -0.4 is 10.1 Å². The Kier molecular flexibility index (Phi) is 8.69. The molecule has 0 aliphatic heterocycles. The summed E-state index contributed by atoms with van der Waals surface area (Å²) < 4.78 is 23.7. The van der Waals surface area contributed by atoms with E-state index in [-0.39, 0.29) is 19.0 Å². The average Bonchev–Trinajstić information content (AvgIpc) is 2.92. The predicted molar refractivity (Wildman–Crippen MR) is 143 cm³/mol. The molecule has 0 aliphatic rings. The molecule has 0 saturated carbocycles. The van der Waals surface area contributed by atoms with Gasteiger partial charge in [0.05, 0.1) is 17.6 Å². The lowest BCUT2D eigenvalue weighted by atomic mass is 10.1. The Labute approximate surface area is 223 Å². The van der Waals surface area contributed by atoms with Gasteiger partial charge in [0.2, 0.25) is 6.61 Å². The van der Waals surface area contributed by atoms with Crippen LogP contribution in [0.4, 0.5) is 15.9 Å². The van der Waals surface area contributed by atoms with E-state index in [2.05, 4.69) is 37.0 Å². The first-order chi connectivity index (χ1) is 18.5. The van der Waals surface area contributed by atoms with Gasteiger partial charge in [-0.15, -0.1) is 0 Å². The largest absolute Gasteiger partial charge is 0.487 e. The molecule has 1 N–H and O–H groups in total. The first-order valence-electron chi connectivity index (χ1n) is 11.4. The van der Waals surface area contributed by atoms with Crippen LogP contribution in [0.25, 0.3) is 10.9 Å². The van der Waals surface area contributed by atoms with Crippen LogP contribution >= 0.6 is 11.6 Å². The number of nitrogens with zero attached hydrogens (tertiary/aromatic N) is 3. The lowest BCUT2D eigenvalue weighted by molar-refractivity contribution is -0.145. The number of rotatable bonds is 9. The number of ether oxygens (including phenoxy) is 2. The van der Waals surface area contributed by atoms with E-state index in [1.165, 1.54) is 25.6 Å². The zero-order chi connectivity index (χ0) is 26.9. The number of methoxy groups -OCH3 is 1. The number of halogens is 2. The molecule has 4 aromatic rings. The zero-order valence-corrected chi connectivity index (χ0v) is 21.3. The quantitative estimate of drug-likeness (QED) is 0.129. The molecule has 0 saturated heterocycles. The van der Waals surface area contributed by atoms with Crippen LogP contribution in [-0.4, -0.2) is 35.4 Å². The zero-order valence-electron chi connectivity index (χ0n) is 20.5. The summed E-state index contributed by atoms with van der Waals surface area (Å²) in [6.45, 7) is 1.51. The molecular weight excluding hydrogens is 511 g/mol. The van der Waals surface area contributed by atoms with E-state index in [0.717, 1.165) is 0 Å². The van der Waals surface area contributed by atoms with Crippen molar-refractivity contribution < 1.29 is 23.5 Å². The van der Waals surface area contributed by atoms with Crippen LogP contribution in [0.5, 0.6) is 5.75 Å². The number of hydrogen-bond acceptors (Lipinski definition) is 8. The van der Waals surface area contributed by atoms with Gasteiger partial charge in [0, 0.05) is 16.6 Å². The Bertz CT molecular complexity index is 1570. The lowest BCUT2D eigenvalue weighted by Crippen LogP contribution is -2.09. The van der Waals surface area contributed by atoms with E-state index >= 15 is 0 Å². The Morgan fingerprint density at radius 3 is 2.76 bits per heavy atom. The second kappa shape index (κ2) is 12.5. The number of carbonyl (C=O) groups is 1. The van der Waals surface area contributed by atoms with Gasteiger partial charge in [0.25, 0.3) is 0 Å². The number of hydrogen-bond donors (Lipinski definition) is 1. The molecule has 3 aromatic carbocycles. The maximum atomic E-state index is 13.4. The third-order valence-corrected chi connectivity index (χ3v) is 5.49. The molecule has 0 spiro atoms. The van der Waals surface area contributed by atoms with Gasteiger partial charge in [-0.05, 0) is 66.9 Å². The van der Waals surface area contributed by atoms with Crippen LogP contribution in [-0.2, 0) is 21.0 Å². The summed E-state index contributed by atoms with van der Waals surface area (Å²) in [6, 6.07) is 16.8. The monoisotopic (exact) mass is 532 g/mol. The van der Waals surface area contributed by atoms with E-state index in [1.54, 1.807) is 49.4 Å². The molecule has 1 aromatic heterocycles. The first-order valence-corrected chi connectivity index (χ1v) is 11.7. The van der Waals surface area contributed by atoms with Crippen molar-refractivity contribution in [1.29, 1.82) is 0 Å². The molecule has 0 bridgehead atoms. The van der Waals surface area contributed by atoms with Crippen molar-refractivity contribution in [2.24, 2.45) is 5.16 Å². The van der Waals surface area contributed by atoms with Gasteiger partial charge in [0.15, 0.2) is 5.71 Å². The summed E-state index contributed by atoms with van der Waals surface area (Å²) in [6.07, 6.45) is 1.45. The summed E-state index contributed by atoms with van der Waals surface area (Å²) in [5, 5.41) is 8.31. The summed E-state index contributed by atoms with van der Waals surface area (Å²) in [7, 11) is 1.26. The molecular formula is C28H22ClFN4O4. The highest BCUT2D eigenvalue weighted by atomic mass is 35.5. The van der Waals surface area contributed by atoms with E-state index in [0.29, 0.717) is 50.0 Å². The lowest BCUT2D eigenvalue weighted by Gasteiger charge is -2.12. The maximum absolute atomic E-state index is 13.4. The number of esters is 1. The number of fused-ring (bicyclic) bond motifs is 1. The number of nitrogens with one attached hydrogen (secondary N) is 1. The van der Waals surface area contributed by atoms with Crippen molar-refractivity contribution in [2.45, 2.75) is 13.5 Å². The fourth-order valence-electron chi connectivity index (χ4n) is 3.40. The summed E-state index contributed by atoms with van der Waals surface area (Å²) >= 11 is 6.44. The number of oxime groups is 1. The van der Waals surface area contributed by atoms with E-state index in [9.17, 15) is 9.18 Å². The minimum absolute atomic E-state index is 0.178. The minimum Gasteiger partial charge on any atom is -0.487 e. The molecule has 0 aliphatic carbocycles. The van der Waals surface area contributed by atoms with Crippen molar-refractivity contribution >= 4 is 45.7 Å². The molecule has 4 rings (SSSR count).